The molecular weight excluding hydrogens is 224 g/mol. The minimum atomic E-state index is -0.0931. The van der Waals surface area contributed by atoms with E-state index in [2.05, 4.69) is 20.2 Å². The Bertz CT molecular complexity index is 550. The molecule has 0 saturated heterocycles. The van der Waals surface area contributed by atoms with E-state index in [-0.39, 0.29) is 11.8 Å². The highest BCUT2D eigenvalue weighted by Gasteiger charge is 2.06. The van der Waals surface area contributed by atoms with Crippen LogP contribution in [0.3, 0.4) is 0 Å². The van der Waals surface area contributed by atoms with Crippen LogP contribution < -0.4 is 10.5 Å². The van der Waals surface area contributed by atoms with Gasteiger partial charge < -0.3 is 15.7 Å². The summed E-state index contributed by atoms with van der Waals surface area (Å²) < 4.78 is 6.87. The smallest absolute Gasteiger partial charge is 0.340 e. The normalized spacial score (nSPS) is 11.5. The largest absolute Gasteiger partial charge is 0.423 e. The highest BCUT2D eigenvalue weighted by Crippen LogP contribution is 2.16. The fourth-order valence-corrected chi connectivity index (χ4v) is 1.14. The van der Waals surface area contributed by atoms with E-state index >= 15 is 0 Å². The van der Waals surface area contributed by atoms with Crippen LogP contribution in [0.1, 0.15) is 5.69 Å². The summed E-state index contributed by atoms with van der Waals surface area (Å²) in [5, 5.41) is 15.3. The second-order valence-electron chi connectivity index (χ2n) is 3.16. The molecule has 0 bridgehead atoms. The Labute approximate surface area is 96.4 Å². The summed E-state index contributed by atoms with van der Waals surface area (Å²) in [7, 11) is 1.73. The first-order valence-electron chi connectivity index (χ1n) is 4.66. The SMILES string of the molecule is Cn1cnc(Oc2ccnc(/C(N)=N/O)c2)n1. The Balaban J connectivity index is 2.22. The van der Waals surface area contributed by atoms with Gasteiger partial charge in [-0.15, -0.1) is 5.10 Å². The first kappa shape index (κ1) is 10.9. The molecule has 2 aromatic rings. The number of aromatic nitrogens is 4. The molecule has 0 unspecified atom stereocenters. The maximum Gasteiger partial charge on any atom is 0.340 e. The average molecular weight is 234 g/mol. The zero-order valence-corrected chi connectivity index (χ0v) is 8.98. The van der Waals surface area contributed by atoms with Crippen molar-refractivity contribution < 1.29 is 9.94 Å². The lowest BCUT2D eigenvalue weighted by molar-refractivity contribution is 0.318. The Morgan fingerprint density at radius 1 is 1.53 bits per heavy atom. The minimum absolute atomic E-state index is 0.0931. The number of hydrogen-bond donors (Lipinski definition) is 2. The molecule has 8 heteroatoms. The van der Waals surface area contributed by atoms with Crippen molar-refractivity contribution in [3.05, 3.63) is 30.4 Å². The van der Waals surface area contributed by atoms with Crippen LogP contribution in [0.15, 0.2) is 29.8 Å². The Kier molecular flexibility index (Phi) is 2.86. The lowest BCUT2D eigenvalue weighted by Gasteiger charge is -2.02. The minimum Gasteiger partial charge on any atom is -0.423 e. The number of oxime groups is 1. The molecule has 0 spiro atoms. The molecule has 0 saturated carbocycles. The fraction of sp³-hybridized carbons (Fsp3) is 0.111. The maximum atomic E-state index is 8.53. The van der Waals surface area contributed by atoms with Gasteiger partial charge in [-0.3, -0.25) is 9.67 Å². The molecule has 17 heavy (non-hydrogen) atoms. The summed E-state index contributed by atoms with van der Waals surface area (Å²) in [5.74, 6) is 0.359. The molecule has 0 aliphatic rings. The van der Waals surface area contributed by atoms with Crippen LogP contribution in [0, 0.1) is 0 Å². The number of rotatable bonds is 3. The van der Waals surface area contributed by atoms with Crippen molar-refractivity contribution in [3.63, 3.8) is 0 Å². The zero-order valence-electron chi connectivity index (χ0n) is 8.98. The molecule has 0 aliphatic heterocycles. The van der Waals surface area contributed by atoms with E-state index in [1.54, 1.807) is 13.1 Å². The van der Waals surface area contributed by atoms with Crippen molar-refractivity contribution >= 4 is 5.84 Å². The first-order chi connectivity index (χ1) is 8.19. The monoisotopic (exact) mass is 234 g/mol. The Hall–Kier alpha value is -2.64. The third-order valence-corrected chi connectivity index (χ3v) is 1.89. The predicted molar refractivity (Wildman–Crippen MR) is 57.8 cm³/mol. The summed E-state index contributed by atoms with van der Waals surface area (Å²) >= 11 is 0. The topological polar surface area (TPSA) is 111 Å². The van der Waals surface area contributed by atoms with Crippen molar-refractivity contribution in [2.24, 2.45) is 17.9 Å². The summed E-state index contributed by atoms with van der Waals surface area (Å²) in [6.45, 7) is 0. The van der Waals surface area contributed by atoms with Gasteiger partial charge in [0.05, 0.1) is 0 Å². The van der Waals surface area contributed by atoms with Crippen molar-refractivity contribution in [2.75, 3.05) is 0 Å². The van der Waals surface area contributed by atoms with Crippen LogP contribution in [0.25, 0.3) is 0 Å². The van der Waals surface area contributed by atoms with E-state index in [1.165, 1.54) is 23.3 Å². The van der Waals surface area contributed by atoms with Crippen molar-refractivity contribution in [3.8, 4) is 11.8 Å². The molecular formula is C9H10N6O2. The molecule has 8 nitrogen and oxygen atoms in total. The number of amidine groups is 1. The van der Waals surface area contributed by atoms with E-state index in [4.69, 9.17) is 15.7 Å². The standard InChI is InChI=1S/C9H10N6O2/c1-15-5-12-9(13-15)17-6-2-3-11-7(4-6)8(10)14-16/h2-5,16H,1H3,(H2,10,14). The zero-order chi connectivity index (χ0) is 12.3. The van der Waals surface area contributed by atoms with Gasteiger partial charge in [0, 0.05) is 19.3 Å². The van der Waals surface area contributed by atoms with Gasteiger partial charge in [-0.1, -0.05) is 5.16 Å². The van der Waals surface area contributed by atoms with E-state index in [9.17, 15) is 0 Å². The van der Waals surface area contributed by atoms with Gasteiger partial charge in [-0.05, 0) is 6.07 Å². The van der Waals surface area contributed by atoms with Crippen LogP contribution in [0.2, 0.25) is 0 Å². The number of pyridine rings is 1. The third-order valence-electron chi connectivity index (χ3n) is 1.89. The van der Waals surface area contributed by atoms with Gasteiger partial charge in [0.2, 0.25) is 0 Å². The quantitative estimate of drug-likeness (QED) is 0.337. The van der Waals surface area contributed by atoms with Crippen LogP contribution in [0.5, 0.6) is 11.8 Å². The van der Waals surface area contributed by atoms with Crippen LogP contribution >= 0.6 is 0 Å². The predicted octanol–water partition coefficient (Wildman–Crippen LogP) is 0.0969. The summed E-state index contributed by atoms with van der Waals surface area (Å²) in [6, 6.07) is 3.35. The van der Waals surface area contributed by atoms with Gasteiger partial charge in [-0.25, -0.2) is 0 Å². The summed E-state index contributed by atoms with van der Waals surface area (Å²) in [6.07, 6.45) is 2.99. The second-order valence-corrected chi connectivity index (χ2v) is 3.16. The van der Waals surface area contributed by atoms with Crippen molar-refractivity contribution in [1.82, 2.24) is 19.7 Å². The fourth-order valence-electron chi connectivity index (χ4n) is 1.14. The second kappa shape index (κ2) is 4.47. The van der Waals surface area contributed by atoms with E-state index in [1.807, 2.05) is 0 Å². The molecule has 0 aliphatic carbocycles. The molecule has 2 heterocycles. The Morgan fingerprint density at radius 2 is 2.35 bits per heavy atom. The molecule has 2 aromatic heterocycles. The Morgan fingerprint density at radius 3 is 3.00 bits per heavy atom. The number of hydrogen-bond acceptors (Lipinski definition) is 6. The van der Waals surface area contributed by atoms with Gasteiger partial charge >= 0.3 is 6.01 Å². The summed E-state index contributed by atoms with van der Waals surface area (Å²) in [4.78, 5) is 7.82. The van der Waals surface area contributed by atoms with E-state index in [0.29, 0.717) is 11.4 Å². The lowest BCUT2D eigenvalue weighted by Crippen LogP contribution is -2.14. The van der Waals surface area contributed by atoms with Gasteiger partial charge in [-0.2, -0.15) is 4.98 Å². The average Bonchev–Trinajstić information content (AvgIpc) is 2.74. The number of aryl methyl sites for hydroxylation is 1. The van der Waals surface area contributed by atoms with E-state index in [0.717, 1.165) is 0 Å². The van der Waals surface area contributed by atoms with E-state index < -0.39 is 0 Å². The molecule has 0 fully saturated rings. The number of nitrogens with zero attached hydrogens (tertiary/aromatic N) is 5. The lowest BCUT2D eigenvalue weighted by atomic mass is 10.3. The maximum absolute atomic E-state index is 8.53. The van der Waals surface area contributed by atoms with Crippen LogP contribution in [-0.4, -0.2) is 30.8 Å². The third kappa shape index (κ3) is 2.48. The summed E-state index contributed by atoms with van der Waals surface area (Å²) in [5.41, 5.74) is 5.71. The van der Waals surface area contributed by atoms with Crippen LogP contribution in [-0.2, 0) is 7.05 Å². The van der Waals surface area contributed by atoms with Crippen LogP contribution in [0.4, 0.5) is 0 Å². The number of nitrogens with two attached hydrogens (primary N) is 1. The molecule has 0 aromatic carbocycles. The molecule has 88 valence electrons. The van der Waals surface area contributed by atoms with Crippen molar-refractivity contribution in [1.29, 1.82) is 0 Å². The molecule has 0 atom stereocenters. The highest BCUT2D eigenvalue weighted by atomic mass is 16.5. The molecule has 3 N–H and O–H groups in total. The molecule has 0 radical (unpaired) electrons. The number of ether oxygens (including phenoxy) is 1. The molecule has 2 rings (SSSR count). The first-order valence-corrected chi connectivity index (χ1v) is 4.66. The van der Waals surface area contributed by atoms with Gasteiger partial charge in [0.25, 0.3) is 0 Å². The molecule has 0 amide bonds. The van der Waals surface area contributed by atoms with Gasteiger partial charge in [0.1, 0.15) is 17.8 Å². The van der Waals surface area contributed by atoms with Crippen molar-refractivity contribution in [2.45, 2.75) is 0 Å². The van der Waals surface area contributed by atoms with Gasteiger partial charge in [0.15, 0.2) is 5.84 Å². The highest BCUT2D eigenvalue weighted by molar-refractivity contribution is 5.95.